The van der Waals surface area contributed by atoms with Gasteiger partial charge in [0.2, 0.25) is 5.88 Å². The molecule has 166 valence electrons. The number of piperidine rings is 1. The van der Waals surface area contributed by atoms with Gasteiger partial charge in [0.25, 0.3) is 5.91 Å². The van der Waals surface area contributed by atoms with Crippen LogP contribution < -0.4 is 4.74 Å². The summed E-state index contributed by atoms with van der Waals surface area (Å²) in [7, 11) is 0. The molecule has 11 heteroatoms. The van der Waals surface area contributed by atoms with Crippen LogP contribution >= 0.6 is 0 Å². The van der Waals surface area contributed by atoms with Crippen LogP contribution in [0.3, 0.4) is 0 Å². The van der Waals surface area contributed by atoms with Crippen molar-refractivity contribution in [3.05, 3.63) is 66.1 Å². The molecule has 3 aromatic rings. The second-order valence-electron chi connectivity index (χ2n) is 7.14. The van der Waals surface area contributed by atoms with E-state index in [0.717, 1.165) is 18.6 Å². The lowest BCUT2D eigenvalue weighted by Crippen LogP contribution is -2.44. The molecule has 1 amide bonds. The zero-order chi connectivity index (χ0) is 22.7. The molecule has 3 heterocycles. The molecule has 0 N–H and O–H groups in total. The molecule has 4 rings (SSSR count). The van der Waals surface area contributed by atoms with Gasteiger partial charge in [-0.3, -0.25) is 4.79 Å². The molecule has 1 saturated heterocycles. The number of rotatable bonds is 4. The number of hydrogen-bond donors (Lipinski definition) is 0. The molecular formula is C21H17F4N5O2. The summed E-state index contributed by atoms with van der Waals surface area (Å²) < 4.78 is 56.8. The van der Waals surface area contributed by atoms with Crippen LogP contribution in [0, 0.1) is 5.82 Å². The molecule has 0 radical (unpaired) electrons. The first-order valence-electron chi connectivity index (χ1n) is 9.73. The van der Waals surface area contributed by atoms with Gasteiger partial charge in [0.1, 0.15) is 6.10 Å². The van der Waals surface area contributed by atoms with Crippen LogP contribution in [0.4, 0.5) is 17.6 Å². The van der Waals surface area contributed by atoms with Gasteiger partial charge in [-0.15, -0.1) is 0 Å². The van der Waals surface area contributed by atoms with E-state index in [1.807, 2.05) is 0 Å². The van der Waals surface area contributed by atoms with Crippen molar-refractivity contribution in [3.63, 3.8) is 0 Å². The van der Waals surface area contributed by atoms with Gasteiger partial charge < -0.3 is 9.64 Å². The SMILES string of the molecule is O=C(c1ccccc1-c1ncc(F)cn1)N1CCCC(Oc2cnc(C(F)(F)F)cn2)C1. The molecule has 1 atom stereocenters. The third-order valence-corrected chi connectivity index (χ3v) is 4.89. The summed E-state index contributed by atoms with van der Waals surface area (Å²) in [6.07, 6.45) is -0.201. The molecule has 1 aromatic carbocycles. The summed E-state index contributed by atoms with van der Waals surface area (Å²) in [5, 5.41) is 0. The summed E-state index contributed by atoms with van der Waals surface area (Å²) in [6.45, 7) is 0.705. The quantitative estimate of drug-likeness (QED) is 0.567. The van der Waals surface area contributed by atoms with Crippen LogP contribution in [0.5, 0.6) is 5.88 Å². The average molecular weight is 447 g/mol. The number of amides is 1. The van der Waals surface area contributed by atoms with Crippen molar-refractivity contribution in [2.75, 3.05) is 13.1 Å². The number of alkyl halides is 3. The fourth-order valence-corrected chi connectivity index (χ4v) is 3.40. The zero-order valence-electron chi connectivity index (χ0n) is 16.6. The van der Waals surface area contributed by atoms with Crippen molar-refractivity contribution in [3.8, 4) is 17.3 Å². The summed E-state index contributed by atoms with van der Waals surface area (Å²) in [4.78, 5) is 29.7. The Morgan fingerprint density at radius 2 is 1.78 bits per heavy atom. The zero-order valence-corrected chi connectivity index (χ0v) is 16.6. The molecular weight excluding hydrogens is 430 g/mol. The van der Waals surface area contributed by atoms with Crippen molar-refractivity contribution in [1.82, 2.24) is 24.8 Å². The molecule has 0 bridgehead atoms. The lowest BCUT2D eigenvalue weighted by Gasteiger charge is -2.33. The van der Waals surface area contributed by atoms with Crippen LogP contribution in [0.15, 0.2) is 49.1 Å². The van der Waals surface area contributed by atoms with Crippen LogP contribution in [-0.4, -0.2) is 49.9 Å². The normalized spacial score (nSPS) is 16.6. The number of hydrogen-bond acceptors (Lipinski definition) is 6. The van der Waals surface area contributed by atoms with Crippen molar-refractivity contribution in [2.45, 2.75) is 25.1 Å². The number of aromatic nitrogens is 4. The van der Waals surface area contributed by atoms with Gasteiger partial charge in [0.15, 0.2) is 17.3 Å². The lowest BCUT2D eigenvalue weighted by molar-refractivity contribution is -0.141. The van der Waals surface area contributed by atoms with Crippen LogP contribution in [0.25, 0.3) is 11.4 Å². The molecule has 32 heavy (non-hydrogen) atoms. The maximum Gasteiger partial charge on any atom is 0.434 e. The van der Waals surface area contributed by atoms with Gasteiger partial charge in [-0.05, 0) is 18.9 Å². The van der Waals surface area contributed by atoms with Crippen molar-refractivity contribution in [1.29, 1.82) is 0 Å². The molecule has 0 spiro atoms. The standard InChI is InChI=1S/C21H17F4N5O2/c22-13-8-28-19(29-9-13)15-5-1-2-6-16(15)20(31)30-7-3-4-14(12-30)32-18-11-26-17(10-27-18)21(23,24)25/h1-2,5-6,8-11,14H,3-4,7,12H2. The molecule has 7 nitrogen and oxygen atoms in total. The first kappa shape index (κ1) is 21.6. The Balaban J connectivity index is 1.48. The van der Waals surface area contributed by atoms with Crippen molar-refractivity contribution >= 4 is 5.91 Å². The average Bonchev–Trinajstić information content (AvgIpc) is 2.79. The van der Waals surface area contributed by atoms with Crippen LogP contribution in [0.2, 0.25) is 0 Å². The molecule has 1 aliphatic heterocycles. The van der Waals surface area contributed by atoms with Gasteiger partial charge in [-0.2, -0.15) is 13.2 Å². The summed E-state index contributed by atoms with van der Waals surface area (Å²) >= 11 is 0. The van der Waals surface area contributed by atoms with Gasteiger partial charge in [-0.25, -0.2) is 24.3 Å². The van der Waals surface area contributed by atoms with Crippen LogP contribution in [-0.2, 0) is 6.18 Å². The molecule has 0 aliphatic carbocycles. The number of ether oxygens (including phenoxy) is 1. The Kier molecular flexibility index (Phi) is 5.97. The Morgan fingerprint density at radius 3 is 2.47 bits per heavy atom. The van der Waals surface area contributed by atoms with E-state index in [1.54, 1.807) is 29.2 Å². The number of carbonyl (C=O) groups is 1. The number of benzene rings is 1. The topological polar surface area (TPSA) is 81.1 Å². The number of carbonyl (C=O) groups excluding carboxylic acids is 1. The van der Waals surface area contributed by atoms with E-state index >= 15 is 0 Å². The number of nitrogens with zero attached hydrogens (tertiary/aromatic N) is 5. The minimum absolute atomic E-state index is 0.0441. The van der Waals surface area contributed by atoms with E-state index in [0.29, 0.717) is 36.7 Å². The first-order valence-corrected chi connectivity index (χ1v) is 9.73. The Hall–Kier alpha value is -3.63. The Bertz CT molecular complexity index is 1090. The second-order valence-corrected chi connectivity index (χ2v) is 7.14. The highest BCUT2D eigenvalue weighted by atomic mass is 19.4. The highest BCUT2D eigenvalue weighted by Gasteiger charge is 2.33. The Morgan fingerprint density at radius 1 is 1.03 bits per heavy atom. The van der Waals surface area contributed by atoms with E-state index in [4.69, 9.17) is 4.74 Å². The van der Waals surface area contributed by atoms with Crippen molar-refractivity contribution < 1.29 is 27.1 Å². The fourth-order valence-electron chi connectivity index (χ4n) is 3.40. The Labute approximate surface area is 180 Å². The third-order valence-electron chi connectivity index (χ3n) is 4.89. The van der Waals surface area contributed by atoms with E-state index in [-0.39, 0.29) is 24.2 Å². The maximum absolute atomic E-state index is 13.2. The van der Waals surface area contributed by atoms with E-state index in [2.05, 4.69) is 19.9 Å². The van der Waals surface area contributed by atoms with Gasteiger partial charge in [-0.1, -0.05) is 18.2 Å². The molecule has 1 fully saturated rings. The predicted molar refractivity (Wildman–Crippen MR) is 104 cm³/mol. The smallest absolute Gasteiger partial charge is 0.434 e. The van der Waals surface area contributed by atoms with E-state index in [9.17, 15) is 22.4 Å². The summed E-state index contributed by atoms with van der Waals surface area (Å²) in [5.74, 6) is -0.683. The number of halogens is 4. The predicted octanol–water partition coefficient (Wildman–Crippen LogP) is 3.78. The third kappa shape index (κ3) is 4.82. The van der Waals surface area contributed by atoms with Crippen molar-refractivity contribution in [2.24, 2.45) is 0 Å². The van der Waals surface area contributed by atoms with Gasteiger partial charge in [0, 0.05) is 12.1 Å². The minimum Gasteiger partial charge on any atom is -0.471 e. The summed E-state index contributed by atoms with van der Waals surface area (Å²) in [5.41, 5.74) is -0.284. The largest absolute Gasteiger partial charge is 0.471 e. The lowest BCUT2D eigenvalue weighted by atomic mass is 10.0. The van der Waals surface area contributed by atoms with E-state index < -0.39 is 23.8 Å². The molecule has 0 saturated carbocycles. The first-order chi connectivity index (χ1) is 15.3. The van der Waals surface area contributed by atoms with Gasteiger partial charge >= 0.3 is 6.18 Å². The summed E-state index contributed by atoms with van der Waals surface area (Å²) in [6, 6.07) is 6.74. The molecule has 1 unspecified atom stereocenters. The fraction of sp³-hybridized carbons (Fsp3) is 0.286. The highest BCUT2D eigenvalue weighted by molar-refractivity contribution is 6.00. The second kappa shape index (κ2) is 8.85. The van der Waals surface area contributed by atoms with Crippen LogP contribution in [0.1, 0.15) is 28.9 Å². The highest BCUT2D eigenvalue weighted by Crippen LogP contribution is 2.28. The maximum atomic E-state index is 13.2. The number of likely N-dealkylation sites (tertiary alicyclic amines) is 1. The minimum atomic E-state index is -4.58. The monoisotopic (exact) mass is 447 g/mol. The molecule has 1 aliphatic rings. The molecule has 2 aromatic heterocycles. The van der Waals surface area contributed by atoms with Gasteiger partial charge in [0.05, 0.1) is 36.9 Å². The van der Waals surface area contributed by atoms with E-state index in [1.165, 1.54) is 0 Å².